The van der Waals surface area contributed by atoms with Crippen molar-refractivity contribution in [2.45, 2.75) is 0 Å². The normalized spacial score (nSPS) is 9.86. The lowest BCUT2D eigenvalue weighted by atomic mass is 10.1. The molecule has 2 aromatic rings. The third-order valence-corrected chi connectivity index (χ3v) is 3.97. The summed E-state index contributed by atoms with van der Waals surface area (Å²) < 4.78 is 15.6. The molecule has 8 nitrogen and oxygen atoms in total. The maximum atomic E-state index is 12.4. The number of methoxy groups -OCH3 is 3. The van der Waals surface area contributed by atoms with Crippen molar-refractivity contribution >= 4 is 40.7 Å². The third-order valence-electron chi connectivity index (χ3n) is 3.53. The first-order valence-electron chi connectivity index (χ1n) is 7.86. The third kappa shape index (κ3) is 5.24. The van der Waals surface area contributed by atoms with Gasteiger partial charge in [-0.1, -0.05) is 17.7 Å². The number of carbonyl (C=O) groups excluding carboxylic acids is 2. The summed E-state index contributed by atoms with van der Waals surface area (Å²) in [7, 11) is 4.35. The van der Waals surface area contributed by atoms with Crippen molar-refractivity contribution < 1.29 is 23.8 Å². The zero-order chi connectivity index (χ0) is 20.7. The predicted molar refractivity (Wildman–Crippen MR) is 108 cm³/mol. The Bertz CT molecular complexity index is 882. The van der Waals surface area contributed by atoms with Gasteiger partial charge >= 0.3 is 0 Å². The number of hydrogen-bond acceptors (Lipinski definition) is 6. The molecule has 28 heavy (non-hydrogen) atoms. The van der Waals surface area contributed by atoms with E-state index in [0.29, 0.717) is 27.8 Å². The van der Waals surface area contributed by atoms with Crippen molar-refractivity contribution in [2.24, 2.45) is 0 Å². The number of rotatable bonds is 5. The summed E-state index contributed by atoms with van der Waals surface area (Å²) in [6.45, 7) is 0. The van der Waals surface area contributed by atoms with Crippen LogP contribution >= 0.6 is 23.8 Å². The molecule has 0 bridgehead atoms. The average Bonchev–Trinajstić information content (AvgIpc) is 2.70. The van der Waals surface area contributed by atoms with Crippen LogP contribution in [0.15, 0.2) is 36.4 Å². The monoisotopic (exact) mass is 423 g/mol. The second-order valence-electron chi connectivity index (χ2n) is 5.29. The van der Waals surface area contributed by atoms with Crippen LogP contribution in [0.3, 0.4) is 0 Å². The summed E-state index contributed by atoms with van der Waals surface area (Å²) in [5.41, 5.74) is 5.39. The van der Waals surface area contributed by atoms with E-state index in [2.05, 4.69) is 16.2 Å². The molecule has 0 saturated carbocycles. The molecule has 10 heteroatoms. The minimum Gasteiger partial charge on any atom is -0.493 e. The summed E-state index contributed by atoms with van der Waals surface area (Å²) in [6, 6.07) is 9.32. The van der Waals surface area contributed by atoms with Crippen molar-refractivity contribution in [1.29, 1.82) is 0 Å². The first-order chi connectivity index (χ1) is 13.4. The predicted octanol–water partition coefficient (Wildman–Crippen LogP) is 2.32. The molecular weight excluding hydrogens is 406 g/mol. The van der Waals surface area contributed by atoms with Gasteiger partial charge in [-0.05, 0) is 42.5 Å². The van der Waals surface area contributed by atoms with E-state index in [4.69, 9.17) is 38.0 Å². The number of hydrogen-bond donors (Lipinski definition) is 3. The molecule has 0 radical (unpaired) electrons. The van der Waals surface area contributed by atoms with Gasteiger partial charge < -0.3 is 14.2 Å². The summed E-state index contributed by atoms with van der Waals surface area (Å²) in [4.78, 5) is 24.5. The van der Waals surface area contributed by atoms with E-state index in [9.17, 15) is 9.59 Å². The highest BCUT2D eigenvalue weighted by atomic mass is 35.5. The number of amides is 2. The van der Waals surface area contributed by atoms with E-state index in [0.717, 1.165) is 0 Å². The van der Waals surface area contributed by atoms with Gasteiger partial charge in [0.05, 0.1) is 21.3 Å². The van der Waals surface area contributed by atoms with E-state index in [1.165, 1.54) is 39.5 Å². The molecule has 0 heterocycles. The van der Waals surface area contributed by atoms with E-state index >= 15 is 0 Å². The second kappa shape index (κ2) is 9.77. The van der Waals surface area contributed by atoms with Gasteiger partial charge in [0, 0.05) is 16.1 Å². The van der Waals surface area contributed by atoms with Crippen LogP contribution < -0.4 is 30.4 Å². The minimum atomic E-state index is -0.529. The fraction of sp³-hybridized carbons (Fsp3) is 0.167. The van der Waals surface area contributed by atoms with Crippen LogP contribution in [-0.2, 0) is 0 Å². The lowest BCUT2D eigenvalue weighted by Gasteiger charge is -2.15. The highest BCUT2D eigenvalue weighted by Gasteiger charge is 2.17. The molecule has 0 spiro atoms. The van der Waals surface area contributed by atoms with Gasteiger partial charge in [0.1, 0.15) is 0 Å². The number of nitrogens with one attached hydrogen (secondary N) is 3. The Morgan fingerprint density at radius 1 is 0.893 bits per heavy atom. The van der Waals surface area contributed by atoms with Crippen LogP contribution in [0.1, 0.15) is 20.7 Å². The Kier molecular flexibility index (Phi) is 7.42. The van der Waals surface area contributed by atoms with Crippen molar-refractivity contribution in [3.8, 4) is 17.2 Å². The molecule has 0 unspecified atom stereocenters. The summed E-state index contributed by atoms with van der Waals surface area (Å²) >= 11 is 10.9. The number of thiocarbonyl (C=S) groups is 1. The van der Waals surface area contributed by atoms with Gasteiger partial charge in [0.15, 0.2) is 16.6 Å². The number of hydrazine groups is 1. The Morgan fingerprint density at radius 2 is 1.54 bits per heavy atom. The molecule has 0 aliphatic heterocycles. The molecule has 0 aromatic heterocycles. The van der Waals surface area contributed by atoms with Crippen LogP contribution in [-0.4, -0.2) is 38.3 Å². The number of halogens is 1. The molecule has 2 amide bonds. The van der Waals surface area contributed by atoms with Crippen LogP contribution in [0.5, 0.6) is 17.2 Å². The fourth-order valence-electron chi connectivity index (χ4n) is 2.23. The van der Waals surface area contributed by atoms with E-state index in [1.54, 1.807) is 18.2 Å². The van der Waals surface area contributed by atoms with Crippen LogP contribution in [0.4, 0.5) is 0 Å². The van der Waals surface area contributed by atoms with Gasteiger partial charge in [0.2, 0.25) is 5.75 Å². The molecule has 0 aliphatic rings. The SMILES string of the molecule is COc1cc(C(=O)NNC(=S)NC(=O)c2cccc(Cl)c2)cc(OC)c1OC. The molecule has 0 fully saturated rings. The van der Waals surface area contributed by atoms with Crippen LogP contribution in [0.2, 0.25) is 5.02 Å². The maximum absolute atomic E-state index is 12.4. The Labute approximate surface area is 172 Å². The number of carbonyl (C=O) groups is 2. The van der Waals surface area contributed by atoms with Crippen molar-refractivity contribution in [3.05, 3.63) is 52.5 Å². The highest BCUT2D eigenvalue weighted by Crippen LogP contribution is 2.38. The molecule has 2 rings (SSSR count). The highest BCUT2D eigenvalue weighted by molar-refractivity contribution is 7.80. The Hall–Kier alpha value is -3.04. The lowest BCUT2D eigenvalue weighted by Crippen LogP contribution is -2.48. The largest absolute Gasteiger partial charge is 0.493 e. The fourth-order valence-corrected chi connectivity index (χ4v) is 2.57. The van der Waals surface area contributed by atoms with E-state index in [1.807, 2.05) is 0 Å². The van der Waals surface area contributed by atoms with Crippen LogP contribution in [0, 0.1) is 0 Å². The molecule has 2 aromatic carbocycles. The van der Waals surface area contributed by atoms with Gasteiger partial charge in [-0.2, -0.15) is 0 Å². The van der Waals surface area contributed by atoms with Gasteiger partial charge in [-0.3, -0.25) is 25.8 Å². The van der Waals surface area contributed by atoms with E-state index in [-0.39, 0.29) is 10.7 Å². The maximum Gasteiger partial charge on any atom is 0.269 e. The summed E-state index contributed by atoms with van der Waals surface area (Å²) in [6.07, 6.45) is 0. The smallest absolute Gasteiger partial charge is 0.269 e. The second-order valence-corrected chi connectivity index (χ2v) is 6.13. The zero-order valence-electron chi connectivity index (χ0n) is 15.3. The molecule has 0 aliphatic carbocycles. The van der Waals surface area contributed by atoms with E-state index < -0.39 is 11.8 Å². The lowest BCUT2D eigenvalue weighted by molar-refractivity contribution is 0.0934. The Balaban J connectivity index is 2.01. The van der Waals surface area contributed by atoms with Gasteiger partial charge in [-0.25, -0.2) is 0 Å². The number of benzene rings is 2. The van der Waals surface area contributed by atoms with Crippen molar-refractivity contribution in [2.75, 3.05) is 21.3 Å². The Morgan fingerprint density at radius 3 is 2.07 bits per heavy atom. The standard InChI is InChI=1S/C18H18ClN3O5S/c1-25-13-8-11(9-14(26-2)15(13)27-3)17(24)21-22-18(28)20-16(23)10-5-4-6-12(19)7-10/h4-9H,1-3H3,(H,21,24)(H2,20,22,23,28). The molecular formula is C18H18ClN3O5S. The summed E-state index contributed by atoms with van der Waals surface area (Å²) in [5, 5.41) is 2.76. The topological polar surface area (TPSA) is 97.9 Å². The molecule has 0 saturated heterocycles. The first kappa shape index (κ1) is 21.3. The van der Waals surface area contributed by atoms with Gasteiger partial charge in [-0.15, -0.1) is 0 Å². The molecule has 148 valence electrons. The average molecular weight is 424 g/mol. The first-order valence-corrected chi connectivity index (χ1v) is 8.65. The number of ether oxygens (including phenoxy) is 3. The molecule has 3 N–H and O–H groups in total. The van der Waals surface area contributed by atoms with Crippen molar-refractivity contribution in [1.82, 2.24) is 16.2 Å². The van der Waals surface area contributed by atoms with Crippen molar-refractivity contribution in [3.63, 3.8) is 0 Å². The quantitative estimate of drug-likeness (QED) is 0.501. The molecule has 0 atom stereocenters. The zero-order valence-corrected chi connectivity index (χ0v) is 16.9. The van der Waals surface area contributed by atoms with Gasteiger partial charge in [0.25, 0.3) is 11.8 Å². The van der Waals surface area contributed by atoms with Crippen LogP contribution in [0.25, 0.3) is 0 Å². The minimum absolute atomic E-state index is 0.0919. The summed E-state index contributed by atoms with van der Waals surface area (Å²) in [5.74, 6) is 0.00660.